The van der Waals surface area contributed by atoms with Crippen LogP contribution in [0.5, 0.6) is 0 Å². The van der Waals surface area contributed by atoms with E-state index in [2.05, 4.69) is 10.3 Å². The maximum atomic E-state index is 12.3. The maximum absolute atomic E-state index is 12.3. The van der Waals surface area contributed by atoms with Gasteiger partial charge in [0.15, 0.2) is 11.5 Å². The lowest BCUT2D eigenvalue weighted by molar-refractivity contribution is -0.694. The van der Waals surface area contributed by atoms with Crippen LogP contribution in [-0.2, 0) is 4.79 Å². The number of hydrogen-bond acceptors (Lipinski definition) is 2. The number of quaternary nitrogens is 1. The van der Waals surface area contributed by atoms with Gasteiger partial charge in [0, 0.05) is 19.8 Å². The number of rotatable bonds is 6. The fraction of sp³-hybridized carbons (Fsp3) is 0.789. The highest BCUT2D eigenvalue weighted by atomic mass is 16.3. The number of allylic oxidation sites excluding steroid dienone is 2. The van der Waals surface area contributed by atoms with Crippen molar-refractivity contribution in [2.24, 2.45) is 5.41 Å². The number of ketones is 1. The Labute approximate surface area is 140 Å². The molecule has 0 amide bonds. The van der Waals surface area contributed by atoms with Crippen molar-refractivity contribution in [3.63, 3.8) is 0 Å². The summed E-state index contributed by atoms with van der Waals surface area (Å²) in [5.41, 5.74) is 1.24. The van der Waals surface area contributed by atoms with E-state index in [1.807, 2.05) is 20.8 Å². The summed E-state index contributed by atoms with van der Waals surface area (Å²) in [5.74, 6) is 0.322. The van der Waals surface area contributed by atoms with Crippen molar-refractivity contribution >= 4 is 11.5 Å². The Kier molecular flexibility index (Phi) is 6.40. The van der Waals surface area contributed by atoms with E-state index in [0.717, 1.165) is 31.3 Å². The van der Waals surface area contributed by atoms with Crippen LogP contribution in [0.15, 0.2) is 11.3 Å². The number of hydrogen-bond donors (Lipinski definition) is 3. The van der Waals surface area contributed by atoms with Gasteiger partial charge < -0.3 is 10.4 Å². The molecule has 2 rings (SSSR count). The van der Waals surface area contributed by atoms with E-state index in [-0.39, 0.29) is 17.0 Å². The van der Waals surface area contributed by atoms with E-state index in [4.69, 9.17) is 0 Å². The summed E-state index contributed by atoms with van der Waals surface area (Å²) >= 11 is 0. The minimum absolute atomic E-state index is 0.0671. The van der Waals surface area contributed by atoms with Gasteiger partial charge in [0.2, 0.25) is 0 Å². The van der Waals surface area contributed by atoms with Crippen LogP contribution in [-0.4, -0.2) is 35.7 Å². The number of nitrogens with one attached hydrogen (secondary N) is 1. The molecule has 4 N–H and O–H groups in total. The topological polar surface area (TPSA) is 67.9 Å². The predicted molar refractivity (Wildman–Crippen MR) is 92.5 cm³/mol. The highest BCUT2D eigenvalue weighted by molar-refractivity contribution is 6.20. The molecule has 0 aromatic carbocycles. The average Bonchev–Trinajstić information content (AvgIpc) is 2.45. The molecule has 0 heterocycles. The van der Waals surface area contributed by atoms with Crippen molar-refractivity contribution in [3.05, 3.63) is 11.3 Å². The highest BCUT2D eigenvalue weighted by Crippen LogP contribution is 2.35. The summed E-state index contributed by atoms with van der Waals surface area (Å²) in [4.78, 5) is 15.6. The van der Waals surface area contributed by atoms with Crippen LogP contribution >= 0.6 is 0 Å². The smallest absolute Gasteiger partial charge is 0.185 e. The standard InChI is InChI=1S/C19H32N2O2/c1-14(18-16(22)12-19(2,3)13-17(18)23)20-10-7-11-21-15-8-5-4-6-9-15/h15,21-22H,4-13H2,1-3H3/p+2. The first-order chi connectivity index (χ1) is 10.9. The second-order valence-electron chi connectivity index (χ2n) is 8.09. The molecule has 4 heteroatoms. The first-order valence-electron chi connectivity index (χ1n) is 9.25. The zero-order valence-electron chi connectivity index (χ0n) is 15.1. The summed E-state index contributed by atoms with van der Waals surface area (Å²) in [7, 11) is 0. The minimum Gasteiger partial charge on any atom is -0.511 e. The zero-order valence-corrected chi connectivity index (χ0v) is 15.1. The predicted octanol–water partition coefficient (Wildman–Crippen LogP) is 1.02. The van der Waals surface area contributed by atoms with Crippen molar-refractivity contribution < 1.29 is 20.2 Å². The fourth-order valence-corrected chi connectivity index (χ4v) is 3.90. The molecule has 0 bridgehead atoms. The Bertz CT molecular complexity index is 486. The molecule has 2 aliphatic rings. The molecule has 23 heavy (non-hydrogen) atoms. The molecule has 0 radical (unpaired) electrons. The van der Waals surface area contributed by atoms with E-state index in [1.54, 1.807) is 0 Å². The lowest BCUT2D eigenvalue weighted by Crippen LogP contribution is -2.91. The van der Waals surface area contributed by atoms with Crippen molar-refractivity contribution in [3.8, 4) is 0 Å². The number of nitrogens with two attached hydrogens (primary N) is 1. The van der Waals surface area contributed by atoms with Crippen molar-refractivity contribution in [1.82, 2.24) is 0 Å². The molecule has 0 aromatic rings. The first-order valence-corrected chi connectivity index (χ1v) is 9.25. The Morgan fingerprint density at radius 1 is 1.26 bits per heavy atom. The second-order valence-corrected chi connectivity index (χ2v) is 8.09. The Hall–Kier alpha value is -1.16. The number of carbonyl (C=O) groups is 1. The molecule has 130 valence electrons. The molecule has 1 fully saturated rings. The average molecular weight is 322 g/mol. The molecule has 0 unspecified atom stereocenters. The normalized spacial score (nSPS) is 23.4. The van der Waals surface area contributed by atoms with Gasteiger partial charge in [-0.15, -0.1) is 0 Å². The minimum atomic E-state index is -0.125. The molecule has 4 nitrogen and oxygen atoms in total. The van der Waals surface area contributed by atoms with E-state index in [0.29, 0.717) is 18.4 Å². The third-order valence-electron chi connectivity index (χ3n) is 5.15. The summed E-state index contributed by atoms with van der Waals surface area (Å²) in [6.07, 6.45) is 9.10. The summed E-state index contributed by atoms with van der Waals surface area (Å²) in [6.45, 7) is 7.97. The molecular formula is C19H34N2O2+2. The fourth-order valence-electron chi connectivity index (χ4n) is 3.90. The highest BCUT2D eigenvalue weighted by Gasteiger charge is 2.35. The van der Waals surface area contributed by atoms with E-state index in [1.165, 1.54) is 32.1 Å². The van der Waals surface area contributed by atoms with Crippen molar-refractivity contribution in [2.45, 2.75) is 78.2 Å². The van der Waals surface area contributed by atoms with E-state index < -0.39 is 0 Å². The third-order valence-corrected chi connectivity index (χ3v) is 5.15. The van der Waals surface area contributed by atoms with Crippen LogP contribution in [0.1, 0.15) is 72.1 Å². The molecular weight excluding hydrogens is 288 g/mol. The van der Waals surface area contributed by atoms with Crippen LogP contribution in [0, 0.1) is 5.41 Å². The Morgan fingerprint density at radius 2 is 1.96 bits per heavy atom. The lowest BCUT2D eigenvalue weighted by Gasteiger charge is -2.28. The zero-order chi connectivity index (χ0) is 16.9. The van der Waals surface area contributed by atoms with Crippen LogP contribution in [0.2, 0.25) is 0 Å². The van der Waals surface area contributed by atoms with Gasteiger partial charge in [0.1, 0.15) is 17.9 Å². The monoisotopic (exact) mass is 322 g/mol. The van der Waals surface area contributed by atoms with Gasteiger partial charge in [0.25, 0.3) is 0 Å². The SMILES string of the molecule is CC(=[NH+]CCC[NH2+]C1CCCCC1)C1=C(O)CC(C)(C)CC1=O. The van der Waals surface area contributed by atoms with Crippen LogP contribution in [0.4, 0.5) is 0 Å². The molecule has 0 atom stereocenters. The van der Waals surface area contributed by atoms with Crippen LogP contribution in [0.3, 0.4) is 0 Å². The number of carbonyl (C=O) groups excluding carboxylic acids is 1. The number of aliphatic hydroxyl groups excluding tert-OH is 1. The van der Waals surface area contributed by atoms with E-state index >= 15 is 0 Å². The molecule has 0 spiro atoms. The summed E-state index contributed by atoms with van der Waals surface area (Å²) in [6, 6.07) is 0.822. The lowest BCUT2D eigenvalue weighted by atomic mass is 9.76. The van der Waals surface area contributed by atoms with Crippen LogP contribution in [0.25, 0.3) is 0 Å². The summed E-state index contributed by atoms with van der Waals surface area (Å²) in [5, 5.41) is 12.7. The second kappa shape index (κ2) is 8.09. The van der Waals surface area contributed by atoms with Crippen molar-refractivity contribution in [1.29, 1.82) is 0 Å². The van der Waals surface area contributed by atoms with Gasteiger partial charge in [-0.2, -0.15) is 0 Å². The molecule has 0 aliphatic heterocycles. The van der Waals surface area contributed by atoms with Crippen LogP contribution < -0.4 is 10.3 Å². The van der Waals surface area contributed by atoms with Gasteiger partial charge in [0.05, 0.1) is 19.0 Å². The third kappa shape index (κ3) is 5.45. The molecule has 1 saturated carbocycles. The quantitative estimate of drug-likeness (QED) is 0.505. The van der Waals surface area contributed by atoms with Gasteiger partial charge in [-0.3, -0.25) is 4.79 Å². The largest absolute Gasteiger partial charge is 0.511 e. The van der Waals surface area contributed by atoms with Gasteiger partial charge in [-0.25, -0.2) is 4.99 Å². The van der Waals surface area contributed by atoms with Crippen molar-refractivity contribution in [2.75, 3.05) is 13.1 Å². The number of aliphatic hydroxyl groups is 1. The Morgan fingerprint density at radius 3 is 2.61 bits per heavy atom. The van der Waals surface area contributed by atoms with Gasteiger partial charge in [-0.1, -0.05) is 20.3 Å². The van der Waals surface area contributed by atoms with Gasteiger partial charge in [-0.05, 0) is 31.1 Å². The Balaban J connectivity index is 1.79. The van der Waals surface area contributed by atoms with E-state index in [9.17, 15) is 9.90 Å². The maximum Gasteiger partial charge on any atom is 0.185 e. The molecule has 0 saturated heterocycles. The van der Waals surface area contributed by atoms with Gasteiger partial charge >= 0.3 is 0 Å². The molecule has 0 aromatic heterocycles. The molecule has 2 aliphatic carbocycles. The number of Topliss-reactive ketones (excluding diaryl/α,β-unsaturated/α-hetero) is 1. The first kappa shape index (κ1) is 18.2. The summed E-state index contributed by atoms with van der Waals surface area (Å²) < 4.78 is 0.